The number of allylic oxidation sites excluding steroid dienone is 4. The molecule has 1 N–H and O–H groups in total. The zero-order valence-electron chi connectivity index (χ0n) is 33.1. The highest BCUT2D eigenvalue weighted by molar-refractivity contribution is 5.72. The SMILES string of the molecule is CCCCC/C=C/CCCCCCCC(=O)OCC(COCCC(C(=O)O)[N+](C)(C)C)OC(=O)CCCCC/C=C/CCCCCCCCC. The Balaban J connectivity index is 4.43. The van der Waals surface area contributed by atoms with Crippen molar-refractivity contribution in [2.24, 2.45) is 0 Å². The molecule has 50 heavy (non-hydrogen) atoms. The summed E-state index contributed by atoms with van der Waals surface area (Å²) in [6.45, 7) is 4.68. The number of hydrogen-bond donors (Lipinski definition) is 1. The van der Waals surface area contributed by atoms with Gasteiger partial charge in [-0.25, -0.2) is 4.79 Å². The van der Waals surface area contributed by atoms with Crippen molar-refractivity contribution in [3.63, 3.8) is 0 Å². The Kier molecular flexibility index (Phi) is 32.4. The Morgan fingerprint density at radius 2 is 1.00 bits per heavy atom. The van der Waals surface area contributed by atoms with E-state index < -0.39 is 18.1 Å². The molecule has 0 heterocycles. The summed E-state index contributed by atoms with van der Waals surface area (Å²) in [6.07, 6.45) is 35.0. The van der Waals surface area contributed by atoms with E-state index in [2.05, 4.69) is 38.2 Å². The number of hydrogen-bond acceptors (Lipinski definition) is 6. The van der Waals surface area contributed by atoms with Crippen molar-refractivity contribution in [1.82, 2.24) is 0 Å². The van der Waals surface area contributed by atoms with Gasteiger partial charge in [0, 0.05) is 19.3 Å². The van der Waals surface area contributed by atoms with Crippen LogP contribution >= 0.6 is 0 Å². The van der Waals surface area contributed by atoms with Gasteiger partial charge in [-0.2, -0.15) is 0 Å². The molecule has 2 atom stereocenters. The van der Waals surface area contributed by atoms with E-state index in [0.717, 1.165) is 64.2 Å². The van der Waals surface area contributed by atoms with E-state index in [1.165, 1.54) is 77.0 Å². The third-order valence-electron chi connectivity index (χ3n) is 9.07. The van der Waals surface area contributed by atoms with Crippen molar-refractivity contribution >= 4 is 17.9 Å². The van der Waals surface area contributed by atoms with Gasteiger partial charge in [-0.15, -0.1) is 0 Å². The maximum atomic E-state index is 12.7. The first-order valence-corrected chi connectivity index (χ1v) is 20.4. The van der Waals surface area contributed by atoms with E-state index >= 15 is 0 Å². The lowest BCUT2D eigenvalue weighted by Crippen LogP contribution is -2.50. The van der Waals surface area contributed by atoms with E-state index in [-0.39, 0.29) is 36.2 Å². The van der Waals surface area contributed by atoms with E-state index in [9.17, 15) is 19.5 Å². The maximum Gasteiger partial charge on any atom is 0.362 e. The smallest absolute Gasteiger partial charge is 0.362 e. The second-order valence-electron chi connectivity index (χ2n) is 14.9. The molecule has 0 aliphatic carbocycles. The number of carboxylic acid groups (broad SMARTS) is 1. The lowest BCUT2D eigenvalue weighted by atomic mass is 10.1. The van der Waals surface area contributed by atoms with Gasteiger partial charge in [-0.1, -0.05) is 115 Å². The average Bonchev–Trinajstić information content (AvgIpc) is 3.06. The second-order valence-corrected chi connectivity index (χ2v) is 14.9. The van der Waals surface area contributed by atoms with Gasteiger partial charge in [-0.3, -0.25) is 9.59 Å². The summed E-state index contributed by atoms with van der Waals surface area (Å²) >= 11 is 0. The number of carbonyl (C=O) groups is 3. The largest absolute Gasteiger partial charge is 0.477 e. The summed E-state index contributed by atoms with van der Waals surface area (Å²) in [4.78, 5) is 36.8. The average molecular weight is 709 g/mol. The molecule has 0 radical (unpaired) electrons. The van der Waals surface area contributed by atoms with Crippen LogP contribution in [0.15, 0.2) is 24.3 Å². The summed E-state index contributed by atoms with van der Waals surface area (Å²) in [5.74, 6) is -1.50. The quantitative estimate of drug-likeness (QED) is 0.0299. The molecule has 8 heteroatoms. The lowest BCUT2D eigenvalue weighted by molar-refractivity contribution is -0.887. The van der Waals surface area contributed by atoms with Gasteiger partial charge in [0.25, 0.3) is 0 Å². The van der Waals surface area contributed by atoms with Gasteiger partial charge in [0.05, 0.1) is 34.4 Å². The topological polar surface area (TPSA) is 99.1 Å². The predicted octanol–water partition coefficient (Wildman–Crippen LogP) is 10.5. The number of ether oxygens (including phenoxy) is 3. The van der Waals surface area contributed by atoms with Crippen molar-refractivity contribution in [3.8, 4) is 0 Å². The van der Waals surface area contributed by atoms with Crippen molar-refractivity contribution < 1.29 is 38.2 Å². The molecule has 292 valence electrons. The monoisotopic (exact) mass is 709 g/mol. The number of quaternary nitrogens is 1. The summed E-state index contributed by atoms with van der Waals surface area (Å²) in [5.41, 5.74) is 0. The first kappa shape index (κ1) is 47.8. The summed E-state index contributed by atoms with van der Waals surface area (Å²) in [6, 6.07) is -0.615. The Morgan fingerprint density at radius 1 is 0.580 bits per heavy atom. The van der Waals surface area contributed by atoms with E-state index in [0.29, 0.717) is 19.3 Å². The number of rotatable bonds is 36. The molecule has 2 unspecified atom stereocenters. The molecule has 0 aromatic rings. The number of aliphatic carboxylic acids is 1. The molecule has 0 amide bonds. The molecular weight excluding hydrogens is 630 g/mol. The fourth-order valence-electron chi connectivity index (χ4n) is 5.84. The number of nitrogens with zero attached hydrogens (tertiary/aromatic N) is 1. The minimum absolute atomic E-state index is 0.0546. The number of likely N-dealkylation sites (N-methyl/N-ethyl adjacent to an activating group) is 1. The summed E-state index contributed by atoms with van der Waals surface area (Å²) in [5, 5.41) is 9.59. The van der Waals surface area contributed by atoms with Crippen molar-refractivity contribution in [3.05, 3.63) is 24.3 Å². The molecule has 0 saturated heterocycles. The Labute approximate surface area is 307 Å². The highest BCUT2D eigenvalue weighted by Gasteiger charge is 2.31. The van der Waals surface area contributed by atoms with Gasteiger partial charge in [0.2, 0.25) is 0 Å². The molecule has 0 rings (SSSR count). The molecule has 0 aliphatic rings. The normalized spacial score (nSPS) is 13.2. The standard InChI is InChI=1S/C42H77NO7/c1-6-8-10-12-14-16-18-20-21-23-25-27-29-31-33-41(45)50-38(36-48-35-34-39(42(46)47)43(3,4)5)37-49-40(44)32-30-28-26-24-22-19-17-15-13-11-9-7-2/h15,17,21,23,38-39H,6-14,16,18-20,22,24-37H2,1-5H3/p+1/b17-15+,23-21+. The second kappa shape index (κ2) is 33.9. The zero-order valence-corrected chi connectivity index (χ0v) is 33.1. The molecule has 0 spiro atoms. The van der Waals surface area contributed by atoms with Gasteiger partial charge < -0.3 is 23.8 Å². The third kappa shape index (κ3) is 31.8. The molecule has 0 aliphatic heterocycles. The number of esters is 2. The van der Waals surface area contributed by atoms with E-state index in [1.54, 1.807) is 0 Å². The van der Waals surface area contributed by atoms with Crippen LogP contribution in [0.5, 0.6) is 0 Å². The minimum atomic E-state index is -0.878. The van der Waals surface area contributed by atoms with Crippen LogP contribution in [0.4, 0.5) is 0 Å². The fraction of sp³-hybridized carbons (Fsp3) is 0.833. The fourth-order valence-corrected chi connectivity index (χ4v) is 5.84. The minimum Gasteiger partial charge on any atom is -0.477 e. The van der Waals surface area contributed by atoms with Crippen molar-refractivity contribution in [2.75, 3.05) is 41.0 Å². The van der Waals surface area contributed by atoms with Crippen molar-refractivity contribution in [1.29, 1.82) is 0 Å². The zero-order chi connectivity index (χ0) is 37.1. The maximum absolute atomic E-state index is 12.7. The lowest BCUT2D eigenvalue weighted by Gasteiger charge is -2.31. The van der Waals surface area contributed by atoms with Crippen LogP contribution in [0.3, 0.4) is 0 Å². The highest BCUT2D eigenvalue weighted by atomic mass is 16.6. The van der Waals surface area contributed by atoms with Crippen LogP contribution in [0, 0.1) is 0 Å². The first-order valence-electron chi connectivity index (χ1n) is 20.4. The molecule has 0 fully saturated rings. The van der Waals surface area contributed by atoms with Crippen LogP contribution in [0.25, 0.3) is 0 Å². The van der Waals surface area contributed by atoms with Gasteiger partial charge >= 0.3 is 17.9 Å². The Hall–Kier alpha value is -2.19. The van der Waals surface area contributed by atoms with Gasteiger partial charge in [-0.05, 0) is 64.2 Å². The van der Waals surface area contributed by atoms with Crippen LogP contribution in [-0.2, 0) is 28.6 Å². The molecule has 0 saturated carbocycles. The Bertz CT molecular complexity index is 880. The van der Waals surface area contributed by atoms with Gasteiger partial charge in [0.1, 0.15) is 6.61 Å². The van der Waals surface area contributed by atoms with Crippen molar-refractivity contribution in [2.45, 2.75) is 187 Å². The number of carbonyl (C=O) groups excluding carboxylic acids is 2. The molecule has 0 aromatic carbocycles. The highest BCUT2D eigenvalue weighted by Crippen LogP contribution is 2.13. The predicted molar refractivity (Wildman–Crippen MR) is 206 cm³/mol. The van der Waals surface area contributed by atoms with E-state index in [4.69, 9.17) is 14.2 Å². The summed E-state index contributed by atoms with van der Waals surface area (Å²) < 4.78 is 17.2. The molecule has 0 aromatic heterocycles. The number of carboxylic acids is 1. The summed E-state index contributed by atoms with van der Waals surface area (Å²) in [7, 11) is 5.51. The van der Waals surface area contributed by atoms with E-state index in [1.807, 2.05) is 21.1 Å². The number of unbranched alkanes of at least 4 members (excludes halogenated alkanes) is 18. The van der Waals surface area contributed by atoms with Crippen LogP contribution in [0.2, 0.25) is 0 Å². The molecule has 0 bridgehead atoms. The van der Waals surface area contributed by atoms with Crippen LogP contribution in [0.1, 0.15) is 174 Å². The third-order valence-corrected chi connectivity index (χ3v) is 9.07. The van der Waals surface area contributed by atoms with Crippen LogP contribution in [-0.4, -0.2) is 80.6 Å². The first-order chi connectivity index (χ1) is 24.1. The Morgan fingerprint density at radius 3 is 1.50 bits per heavy atom. The molecular formula is C42H78NO7+. The van der Waals surface area contributed by atoms with Gasteiger partial charge in [0.15, 0.2) is 12.1 Å². The molecule has 8 nitrogen and oxygen atoms in total. The van der Waals surface area contributed by atoms with Crippen LogP contribution < -0.4 is 0 Å².